The van der Waals surface area contributed by atoms with E-state index in [1.807, 2.05) is 30.3 Å². The number of aromatic nitrogens is 2. The number of carbonyl (C=O) groups excluding carboxylic acids is 1. The van der Waals surface area contributed by atoms with Crippen molar-refractivity contribution in [3.63, 3.8) is 0 Å². The molecule has 0 aliphatic carbocycles. The summed E-state index contributed by atoms with van der Waals surface area (Å²) in [4.78, 5) is 16.3. The number of benzene rings is 2. The highest BCUT2D eigenvalue weighted by atomic mass is 35.5. The second-order valence-electron chi connectivity index (χ2n) is 4.34. The van der Waals surface area contributed by atoms with Crippen LogP contribution in [0.3, 0.4) is 0 Å². The molecule has 0 spiro atoms. The van der Waals surface area contributed by atoms with Crippen LogP contribution in [0.4, 0.5) is 9.52 Å². The Balaban J connectivity index is 1.81. The Morgan fingerprint density at radius 3 is 2.68 bits per heavy atom. The average molecular weight is 334 g/mol. The monoisotopic (exact) mass is 333 g/mol. The van der Waals surface area contributed by atoms with Gasteiger partial charge < -0.3 is 0 Å². The van der Waals surface area contributed by atoms with Crippen LogP contribution in [-0.2, 0) is 0 Å². The van der Waals surface area contributed by atoms with Crippen LogP contribution < -0.4 is 5.32 Å². The molecule has 0 saturated heterocycles. The lowest BCUT2D eigenvalue weighted by molar-refractivity contribution is 0.102. The summed E-state index contributed by atoms with van der Waals surface area (Å²) in [7, 11) is 0. The van der Waals surface area contributed by atoms with Crippen LogP contribution in [0.1, 0.15) is 10.4 Å². The van der Waals surface area contributed by atoms with Gasteiger partial charge in [0.25, 0.3) is 5.91 Å². The number of anilines is 1. The summed E-state index contributed by atoms with van der Waals surface area (Å²) in [5, 5.41) is 2.68. The minimum absolute atomic E-state index is 0.0538. The minimum atomic E-state index is -0.642. The molecule has 0 radical (unpaired) electrons. The predicted molar refractivity (Wildman–Crippen MR) is 84.7 cm³/mol. The molecule has 7 heteroatoms. The lowest BCUT2D eigenvalue weighted by Crippen LogP contribution is -2.12. The first-order chi connectivity index (χ1) is 10.6. The van der Waals surface area contributed by atoms with Crippen molar-refractivity contribution in [2.24, 2.45) is 0 Å². The van der Waals surface area contributed by atoms with Gasteiger partial charge in [-0.25, -0.2) is 4.39 Å². The van der Waals surface area contributed by atoms with Crippen LogP contribution in [0.5, 0.6) is 0 Å². The molecule has 0 bridgehead atoms. The van der Waals surface area contributed by atoms with Crippen molar-refractivity contribution >= 4 is 34.2 Å². The molecule has 0 aliphatic rings. The molecule has 1 amide bonds. The first-order valence-corrected chi connectivity index (χ1v) is 7.45. The lowest BCUT2D eigenvalue weighted by atomic mass is 10.2. The molecule has 1 N–H and O–H groups in total. The van der Waals surface area contributed by atoms with Gasteiger partial charge in [-0.05, 0) is 12.1 Å². The van der Waals surface area contributed by atoms with Gasteiger partial charge in [0.15, 0.2) is 5.82 Å². The standard InChI is InChI=1S/C15H9ClFN3OS/c16-12-10(7-4-8-11(12)17)14(21)19-15-18-13(20-22-15)9-5-2-1-3-6-9/h1-8H,(H,18,19,20,21). The van der Waals surface area contributed by atoms with Crippen molar-refractivity contribution in [2.75, 3.05) is 5.32 Å². The largest absolute Gasteiger partial charge is 0.297 e. The van der Waals surface area contributed by atoms with Gasteiger partial charge in [0.2, 0.25) is 5.13 Å². The fourth-order valence-electron chi connectivity index (χ4n) is 1.82. The maximum absolute atomic E-state index is 13.4. The topological polar surface area (TPSA) is 54.9 Å². The zero-order valence-corrected chi connectivity index (χ0v) is 12.7. The Labute approximate surface area is 134 Å². The van der Waals surface area contributed by atoms with Gasteiger partial charge in [0, 0.05) is 17.1 Å². The highest BCUT2D eigenvalue weighted by Crippen LogP contribution is 2.23. The van der Waals surface area contributed by atoms with E-state index in [0.717, 1.165) is 17.1 Å². The molecule has 110 valence electrons. The molecule has 4 nitrogen and oxygen atoms in total. The fraction of sp³-hybridized carbons (Fsp3) is 0. The van der Waals surface area contributed by atoms with Crippen molar-refractivity contribution in [1.29, 1.82) is 0 Å². The van der Waals surface area contributed by atoms with Crippen LogP contribution in [-0.4, -0.2) is 15.3 Å². The number of nitrogens with zero attached hydrogens (tertiary/aromatic N) is 2. The van der Waals surface area contributed by atoms with E-state index in [1.165, 1.54) is 18.2 Å². The zero-order chi connectivity index (χ0) is 15.5. The van der Waals surface area contributed by atoms with Gasteiger partial charge in [-0.2, -0.15) is 9.36 Å². The summed E-state index contributed by atoms with van der Waals surface area (Å²) >= 11 is 6.83. The molecule has 22 heavy (non-hydrogen) atoms. The summed E-state index contributed by atoms with van der Waals surface area (Å²) in [6, 6.07) is 13.4. The molecule has 1 heterocycles. The summed E-state index contributed by atoms with van der Waals surface area (Å²) in [6.45, 7) is 0. The van der Waals surface area contributed by atoms with Gasteiger partial charge in [-0.1, -0.05) is 48.0 Å². The van der Waals surface area contributed by atoms with E-state index in [-0.39, 0.29) is 10.6 Å². The van der Waals surface area contributed by atoms with E-state index in [0.29, 0.717) is 11.0 Å². The molecule has 0 fully saturated rings. The zero-order valence-electron chi connectivity index (χ0n) is 11.1. The SMILES string of the molecule is O=C(Nc1nc(-c2ccccc2)ns1)c1cccc(F)c1Cl. The molecule has 0 atom stereocenters. The van der Waals surface area contributed by atoms with Crippen LogP contribution in [0.2, 0.25) is 5.02 Å². The van der Waals surface area contributed by atoms with Crippen molar-refractivity contribution in [1.82, 2.24) is 9.36 Å². The van der Waals surface area contributed by atoms with Crippen molar-refractivity contribution in [2.45, 2.75) is 0 Å². The summed E-state index contributed by atoms with van der Waals surface area (Å²) in [5.74, 6) is -0.650. The third-order valence-electron chi connectivity index (χ3n) is 2.87. The van der Waals surface area contributed by atoms with Gasteiger partial charge in [0.05, 0.1) is 10.6 Å². The number of nitrogens with one attached hydrogen (secondary N) is 1. The summed E-state index contributed by atoms with van der Waals surface area (Å²) in [5.41, 5.74) is 0.904. The summed E-state index contributed by atoms with van der Waals surface area (Å²) < 4.78 is 17.5. The lowest BCUT2D eigenvalue weighted by Gasteiger charge is -2.03. The fourth-order valence-corrected chi connectivity index (χ4v) is 2.62. The van der Waals surface area contributed by atoms with E-state index < -0.39 is 11.7 Å². The molecule has 3 rings (SSSR count). The van der Waals surface area contributed by atoms with E-state index >= 15 is 0 Å². The smallest absolute Gasteiger partial charge is 0.259 e. The second-order valence-corrected chi connectivity index (χ2v) is 5.47. The molecule has 2 aromatic carbocycles. The van der Waals surface area contributed by atoms with E-state index in [1.54, 1.807) is 0 Å². The summed E-state index contributed by atoms with van der Waals surface area (Å²) in [6.07, 6.45) is 0. The normalized spacial score (nSPS) is 10.5. The number of carbonyl (C=O) groups is 1. The highest BCUT2D eigenvalue weighted by molar-refractivity contribution is 7.10. The Morgan fingerprint density at radius 2 is 1.91 bits per heavy atom. The first kappa shape index (κ1) is 14.6. The Hall–Kier alpha value is -2.31. The molecule has 0 aliphatic heterocycles. The van der Waals surface area contributed by atoms with E-state index in [4.69, 9.17) is 11.6 Å². The predicted octanol–water partition coefficient (Wildman–Crippen LogP) is 4.25. The first-order valence-electron chi connectivity index (χ1n) is 6.29. The molecular weight excluding hydrogens is 325 g/mol. The molecule has 0 unspecified atom stereocenters. The van der Waals surface area contributed by atoms with Crippen molar-refractivity contribution in [3.8, 4) is 11.4 Å². The van der Waals surface area contributed by atoms with Crippen molar-refractivity contribution < 1.29 is 9.18 Å². The third-order valence-corrected chi connectivity index (χ3v) is 3.89. The van der Waals surface area contributed by atoms with Gasteiger partial charge in [-0.3, -0.25) is 10.1 Å². The molecule has 0 saturated carbocycles. The average Bonchev–Trinajstić information content (AvgIpc) is 2.99. The Kier molecular flexibility index (Phi) is 4.13. The minimum Gasteiger partial charge on any atom is -0.297 e. The Bertz CT molecular complexity index is 823. The van der Waals surface area contributed by atoms with Gasteiger partial charge >= 0.3 is 0 Å². The van der Waals surface area contributed by atoms with Crippen LogP contribution in [0.15, 0.2) is 48.5 Å². The quantitative estimate of drug-likeness (QED) is 0.779. The number of halogens is 2. The number of rotatable bonds is 3. The second kappa shape index (κ2) is 6.21. The van der Waals surface area contributed by atoms with Gasteiger partial charge in [0.1, 0.15) is 5.82 Å². The number of hydrogen-bond donors (Lipinski definition) is 1. The maximum Gasteiger partial charge on any atom is 0.259 e. The highest BCUT2D eigenvalue weighted by Gasteiger charge is 2.15. The molecule has 1 aromatic heterocycles. The number of amides is 1. The molecule has 3 aromatic rings. The Morgan fingerprint density at radius 1 is 1.14 bits per heavy atom. The molecular formula is C15H9ClFN3OS. The third kappa shape index (κ3) is 2.98. The maximum atomic E-state index is 13.4. The van der Waals surface area contributed by atoms with Crippen LogP contribution in [0.25, 0.3) is 11.4 Å². The van der Waals surface area contributed by atoms with Crippen LogP contribution in [0, 0.1) is 5.82 Å². The van der Waals surface area contributed by atoms with Crippen molar-refractivity contribution in [3.05, 3.63) is 64.9 Å². The van der Waals surface area contributed by atoms with Gasteiger partial charge in [-0.15, -0.1) is 0 Å². The number of hydrogen-bond acceptors (Lipinski definition) is 4. The van der Waals surface area contributed by atoms with E-state index in [2.05, 4.69) is 14.7 Å². The van der Waals surface area contributed by atoms with Crippen LogP contribution >= 0.6 is 23.1 Å². The van der Waals surface area contributed by atoms with E-state index in [9.17, 15) is 9.18 Å².